The van der Waals surface area contributed by atoms with Crippen molar-refractivity contribution in [1.29, 1.82) is 0 Å². The van der Waals surface area contributed by atoms with E-state index < -0.39 is 0 Å². The van der Waals surface area contributed by atoms with Gasteiger partial charge < -0.3 is 14.5 Å². The Morgan fingerprint density at radius 1 is 1.19 bits per heavy atom. The van der Waals surface area contributed by atoms with Gasteiger partial charge in [0, 0.05) is 0 Å². The van der Waals surface area contributed by atoms with Crippen LogP contribution in [0.1, 0.15) is 17.0 Å². The monoisotopic (exact) mass is 369 g/mol. The molecule has 0 saturated carbocycles. The zero-order chi connectivity index (χ0) is 18.4. The SMILES string of the molecule is COc1ccc(C)cc1NC(=O)CSc1nnc(Cc2ccccc2)o1. The number of amides is 1. The van der Waals surface area contributed by atoms with Gasteiger partial charge in [0.25, 0.3) is 5.22 Å². The van der Waals surface area contributed by atoms with E-state index in [9.17, 15) is 4.79 Å². The Bertz CT molecular complexity index is 881. The number of aryl methyl sites for hydroxylation is 1. The molecule has 6 nitrogen and oxygen atoms in total. The summed E-state index contributed by atoms with van der Waals surface area (Å²) in [4.78, 5) is 12.2. The van der Waals surface area contributed by atoms with Gasteiger partial charge in [0.2, 0.25) is 11.8 Å². The summed E-state index contributed by atoms with van der Waals surface area (Å²) < 4.78 is 10.8. The molecule has 26 heavy (non-hydrogen) atoms. The molecule has 0 aliphatic rings. The number of nitrogens with one attached hydrogen (secondary N) is 1. The molecule has 0 atom stereocenters. The van der Waals surface area contributed by atoms with Crippen LogP contribution in [0.4, 0.5) is 5.69 Å². The van der Waals surface area contributed by atoms with Crippen LogP contribution in [0.25, 0.3) is 0 Å². The highest BCUT2D eigenvalue weighted by Crippen LogP contribution is 2.26. The highest BCUT2D eigenvalue weighted by atomic mass is 32.2. The van der Waals surface area contributed by atoms with Crippen molar-refractivity contribution in [3.05, 3.63) is 65.5 Å². The first-order valence-corrected chi connectivity index (χ1v) is 9.06. The number of rotatable bonds is 7. The van der Waals surface area contributed by atoms with E-state index in [1.165, 1.54) is 11.8 Å². The van der Waals surface area contributed by atoms with Gasteiger partial charge in [-0.1, -0.05) is 48.2 Å². The Morgan fingerprint density at radius 2 is 2.00 bits per heavy atom. The van der Waals surface area contributed by atoms with Crippen LogP contribution >= 0.6 is 11.8 Å². The second-order valence-corrected chi connectivity index (χ2v) is 6.59. The van der Waals surface area contributed by atoms with Crippen molar-refractivity contribution in [1.82, 2.24) is 10.2 Å². The number of aromatic nitrogens is 2. The van der Waals surface area contributed by atoms with Gasteiger partial charge in [-0.3, -0.25) is 4.79 Å². The zero-order valence-corrected chi connectivity index (χ0v) is 15.4. The summed E-state index contributed by atoms with van der Waals surface area (Å²) in [6.07, 6.45) is 0.571. The summed E-state index contributed by atoms with van der Waals surface area (Å²) in [7, 11) is 1.57. The van der Waals surface area contributed by atoms with Crippen molar-refractivity contribution in [3.8, 4) is 5.75 Å². The fraction of sp³-hybridized carbons (Fsp3) is 0.211. The van der Waals surface area contributed by atoms with Gasteiger partial charge in [-0.2, -0.15) is 0 Å². The molecule has 134 valence electrons. The van der Waals surface area contributed by atoms with E-state index in [-0.39, 0.29) is 11.7 Å². The molecule has 1 aromatic heterocycles. The van der Waals surface area contributed by atoms with Crippen LogP contribution in [0.5, 0.6) is 5.75 Å². The molecule has 0 fully saturated rings. The van der Waals surface area contributed by atoms with E-state index >= 15 is 0 Å². The maximum atomic E-state index is 12.2. The molecule has 3 rings (SSSR count). The van der Waals surface area contributed by atoms with Crippen LogP contribution < -0.4 is 10.1 Å². The molecule has 0 aliphatic heterocycles. The third kappa shape index (κ3) is 4.86. The van der Waals surface area contributed by atoms with Gasteiger partial charge in [0.05, 0.1) is 25.0 Å². The van der Waals surface area contributed by atoms with E-state index in [2.05, 4.69) is 15.5 Å². The Hall–Kier alpha value is -2.80. The number of methoxy groups -OCH3 is 1. The molecular weight excluding hydrogens is 350 g/mol. The van der Waals surface area contributed by atoms with Crippen molar-refractivity contribution >= 4 is 23.4 Å². The van der Waals surface area contributed by atoms with Crippen LogP contribution in [-0.4, -0.2) is 29.0 Å². The lowest BCUT2D eigenvalue weighted by Gasteiger charge is -2.10. The predicted molar refractivity (Wildman–Crippen MR) is 101 cm³/mol. The minimum absolute atomic E-state index is 0.165. The van der Waals surface area contributed by atoms with Crippen LogP contribution in [-0.2, 0) is 11.2 Å². The molecule has 0 radical (unpaired) electrons. The molecule has 0 aliphatic carbocycles. The minimum atomic E-state index is -0.165. The number of carbonyl (C=O) groups excluding carboxylic acids is 1. The molecule has 0 bridgehead atoms. The van der Waals surface area contributed by atoms with E-state index in [1.807, 2.05) is 55.5 Å². The van der Waals surface area contributed by atoms with Crippen molar-refractivity contribution in [2.24, 2.45) is 0 Å². The highest BCUT2D eigenvalue weighted by Gasteiger charge is 2.12. The van der Waals surface area contributed by atoms with Gasteiger partial charge in [-0.15, -0.1) is 10.2 Å². The second kappa shape index (κ2) is 8.53. The standard InChI is InChI=1S/C19H19N3O3S/c1-13-8-9-16(24-2)15(10-13)20-17(23)12-26-19-22-21-18(25-19)11-14-6-4-3-5-7-14/h3-10H,11-12H2,1-2H3,(H,20,23). The Balaban J connectivity index is 1.54. The maximum absolute atomic E-state index is 12.2. The van der Waals surface area contributed by atoms with Crippen molar-refractivity contribution < 1.29 is 13.9 Å². The van der Waals surface area contributed by atoms with E-state index in [0.29, 0.717) is 29.0 Å². The molecule has 1 heterocycles. The van der Waals surface area contributed by atoms with Gasteiger partial charge in [0.1, 0.15) is 5.75 Å². The predicted octanol–water partition coefficient (Wildman–Crippen LogP) is 3.71. The molecule has 0 spiro atoms. The lowest BCUT2D eigenvalue weighted by molar-refractivity contribution is -0.113. The van der Waals surface area contributed by atoms with Crippen LogP contribution in [0, 0.1) is 6.92 Å². The minimum Gasteiger partial charge on any atom is -0.495 e. The lowest BCUT2D eigenvalue weighted by Crippen LogP contribution is -2.14. The number of ether oxygens (including phenoxy) is 1. The molecule has 3 aromatic rings. The molecule has 1 N–H and O–H groups in total. The van der Waals surface area contributed by atoms with Crippen molar-refractivity contribution in [2.45, 2.75) is 18.6 Å². The van der Waals surface area contributed by atoms with Gasteiger partial charge in [0.15, 0.2) is 0 Å². The normalized spacial score (nSPS) is 10.5. The smallest absolute Gasteiger partial charge is 0.277 e. The quantitative estimate of drug-likeness (QED) is 0.640. The van der Waals surface area contributed by atoms with Crippen molar-refractivity contribution in [3.63, 3.8) is 0 Å². The van der Waals surface area contributed by atoms with Gasteiger partial charge in [-0.05, 0) is 30.2 Å². The van der Waals surface area contributed by atoms with Gasteiger partial charge >= 0.3 is 0 Å². The molecule has 0 saturated heterocycles. The average molecular weight is 369 g/mol. The van der Waals surface area contributed by atoms with Crippen LogP contribution in [0.3, 0.4) is 0 Å². The number of nitrogens with zero attached hydrogens (tertiary/aromatic N) is 2. The number of hydrogen-bond acceptors (Lipinski definition) is 6. The summed E-state index contributed by atoms with van der Waals surface area (Å²) >= 11 is 1.20. The zero-order valence-electron chi connectivity index (χ0n) is 14.6. The number of hydrogen-bond donors (Lipinski definition) is 1. The molecule has 2 aromatic carbocycles. The fourth-order valence-electron chi connectivity index (χ4n) is 2.37. The molecule has 7 heteroatoms. The van der Waals surface area contributed by atoms with E-state index in [0.717, 1.165) is 11.1 Å². The first-order chi connectivity index (χ1) is 12.6. The number of benzene rings is 2. The molecular formula is C19H19N3O3S. The first kappa shape index (κ1) is 18.0. The number of thioether (sulfide) groups is 1. The second-order valence-electron chi connectivity index (χ2n) is 5.66. The third-order valence-electron chi connectivity index (χ3n) is 3.60. The average Bonchev–Trinajstić information content (AvgIpc) is 3.08. The first-order valence-electron chi connectivity index (χ1n) is 8.07. The third-order valence-corrected chi connectivity index (χ3v) is 4.42. The van der Waals surface area contributed by atoms with Gasteiger partial charge in [-0.25, -0.2) is 0 Å². The van der Waals surface area contributed by atoms with Crippen molar-refractivity contribution in [2.75, 3.05) is 18.2 Å². The molecule has 1 amide bonds. The summed E-state index contributed by atoms with van der Waals surface area (Å²) in [5, 5.41) is 11.2. The summed E-state index contributed by atoms with van der Waals surface area (Å²) in [6, 6.07) is 15.5. The Kier molecular flexibility index (Phi) is 5.91. The highest BCUT2D eigenvalue weighted by molar-refractivity contribution is 7.99. The number of anilines is 1. The van der Waals surface area contributed by atoms with E-state index in [4.69, 9.17) is 9.15 Å². The van der Waals surface area contributed by atoms with Crippen LogP contribution in [0.15, 0.2) is 58.2 Å². The maximum Gasteiger partial charge on any atom is 0.277 e. The largest absolute Gasteiger partial charge is 0.495 e. The Labute approximate surface area is 156 Å². The summed E-state index contributed by atoms with van der Waals surface area (Å²) in [5.74, 6) is 1.16. The summed E-state index contributed by atoms with van der Waals surface area (Å²) in [5.41, 5.74) is 2.78. The fourth-order valence-corrected chi connectivity index (χ4v) is 2.95. The lowest BCUT2D eigenvalue weighted by atomic mass is 10.2. The topological polar surface area (TPSA) is 77.2 Å². The van der Waals surface area contributed by atoms with E-state index in [1.54, 1.807) is 7.11 Å². The number of carbonyl (C=O) groups is 1. The molecule has 0 unspecified atom stereocenters. The summed E-state index contributed by atoms with van der Waals surface area (Å²) in [6.45, 7) is 1.95. The Morgan fingerprint density at radius 3 is 2.77 bits per heavy atom. The van der Waals surface area contributed by atoms with Crippen LogP contribution in [0.2, 0.25) is 0 Å².